The van der Waals surface area contributed by atoms with E-state index in [9.17, 15) is 14.9 Å². The van der Waals surface area contributed by atoms with Crippen molar-refractivity contribution in [2.75, 3.05) is 34.3 Å². The second kappa shape index (κ2) is 7.22. The largest absolute Gasteiger partial charge is 0.496 e. The number of nitrogens with zero attached hydrogens (tertiary/aromatic N) is 2. The Morgan fingerprint density at radius 1 is 1.41 bits per heavy atom. The Morgan fingerprint density at radius 3 is 2.55 bits per heavy atom. The van der Waals surface area contributed by atoms with Crippen LogP contribution in [0.5, 0.6) is 5.75 Å². The maximum absolute atomic E-state index is 12.3. The molecular weight excluding hydrogens is 286 g/mol. The van der Waals surface area contributed by atoms with Crippen LogP contribution in [0.2, 0.25) is 0 Å². The third-order valence-corrected chi connectivity index (χ3v) is 3.11. The normalized spacial score (nSPS) is 11.4. The summed E-state index contributed by atoms with van der Waals surface area (Å²) in [5, 5.41) is 13.7. The lowest BCUT2D eigenvalue weighted by atomic mass is 9.93. The number of benzene rings is 1. The Hall–Kier alpha value is -2.15. The van der Waals surface area contributed by atoms with Crippen LogP contribution in [0.15, 0.2) is 18.2 Å². The predicted octanol–water partition coefficient (Wildman–Crippen LogP) is 1.92. The van der Waals surface area contributed by atoms with Crippen LogP contribution in [0, 0.1) is 15.5 Å². The number of nitro benzene ring substituents is 1. The van der Waals surface area contributed by atoms with E-state index in [0.717, 1.165) is 6.54 Å². The minimum Gasteiger partial charge on any atom is -0.496 e. The number of ether oxygens (including phenoxy) is 1. The van der Waals surface area contributed by atoms with Gasteiger partial charge in [-0.3, -0.25) is 14.9 Å². The number of non-ortho nitro benzene ring substituents is 1. The molecule has 0 aromatic heterocycles. The maximum Gasteiger partial charge on any atom is 0.270 e. The van der Waals surface area contributed by atoms with E-state index in [1.165, 1.54) is 25.3 Å². The molecular formula is C15H23N3O4. The van der Waals surface area contributed by atoms with Crippen molar-refractivity contribution in [3.63, 3.8) is 0 Å². The minimum absolute atomic E-state index is 0.118. The van der Waals surface area contributed by atoms with Crippen LogP contribution in [0.1, 0.15) is 24.2 Å². The van der Waals surface area contributed by atoms with Gasteiger partial charge in [0.05, 0.1) is 17.6 Å². The third kappa shape index (κ3) is 5.00. The first-order chi connectivity index (χ1) is 10.2. The predicted molar refractivity (Wildman–Crippen MR) is 84.3 cm³/mol. The fraction of sp³-hybridized carbons (Fsp3) is 0.533. The van der Waals surface area contributed by atoms with Crippen LogP contribution in [0.3, 0.4) is 0 Å². The topological polar surface area (TPSA) is 84.7 Å². The Bertz CT molecular complexity index is 556. The summed E-state index contributed by atoms with van der Waals surface area (Å²) >= 11 is 0. The lowest BCUT2D eigenvalue weighted by Gasteiger charge is -2.28. The van der Waals surface area contributed by atoms with Gasteiger partial charge in [0, 0.05) is 25.2 Å². The van der Waals surface area contributed by atoms with Crippen molar-refractivity contribution >= 4 is 11.6 Å². The van der Waals surface area contributed by atoms with Gasteiger partial charge in [0.1, 0.15) is 5.75 Å². The molecule has 1 aromatic rings. The minimum atomic E-state index is -0.536. The van der Waals surface area contributed by atoms with Crippen molar-refractivity contribution < 1.29 is 14.5 Å². The maximum atomic E-state index is 12.3. The standard InChI is InChI=1S/C15H23N3O4/c1-15(2,10-17(3)4)9-16-14(19)12-8-11(18(20)21)6-7-13(12)22-5/h6-8H,9-10H2,1-5H3,(H,16,19). The quantitative estimate of drug-likeness (QED) is 0.614. The molecule has 0 aliphatic carbocycles. The van der Waals surface area contributed by atoms with E-state index in [0.29, 0.717) is 12.3 Å². The van der Waals surface area contributed by atoms with Crippen molar-refractivity contribution in [1.82, 2.24) is 10.2 Å². The van der Waals surface area contributed by atoms with Gasteiger partial charge < -0.3 is 15.0 Å². The zero-order chi connectivity index (χ0) is 16.9. The van der Waals surface area contributed by atoms with E-state index in [1.807, 2.05) is 32.8 Å². The van der Waals surface area contributed by atoms with Gasteiger partial charge in [-0.05, 0) is 25.6 Å². The number of methoxy groups -OCH3 is 1. The first-order valence-corrected chi connectivity index (χ1v) is 6.91. The van der Waals surface area contributed by atoms with Crippen molar-refractivity contribution in [1.29, 1.82) is 0 Å². The van der Waals surface area contributed by atoms with Crippen molar-refractivity contribution in [3.05, 3.63) is 33.9 Å². The molecule has 0 atom stereocenters. The van der Waals surface area contributed by atoms with Crippen molar-refractivity contribution in [3.8, 4) is 5.75 Å². The fourth-order valence-corrected chi connectivity index (χ4v) is 2.31. The Kier molecular flexibility index (Phi) is 5.87. The monoisotopic (exact) mass is 309 g/mol. The van der Waals surface area contributed by atoms with Gasteiger partial charge in [0.25, 0.3) is 11.6 Å². The third-order valence-electron chi connectivity index (χ3n) is 3.11. The second-order valence-electron chi connectivity index (χ2n) is 6.23. The molecule has 0 saturated heterocycles. The van der Waals surface area contributed by atoms with E-state index < -0.39 is 4.92 Å². The molecule has 7 nitrogen and oxygen atoms in total. The number of rotatable bonds is 7. The van der Waals surface area contributed by atoms with E-state index in [-0.39, 0.29) is 22.6 Å². The Balaban J connectivity index is 2.88. The SMILES string of the molecule is COc1ccc([N+](=O)[O-])cc1C(=O)NCC(C)(C)CN(C)C. The summed E-state index contributed by atoms with van der Waals surface area (Å²) in [6.07, 6.45) is 0. The summed E-state index contributed by atoms with van der Waals surface area (Å²) in [5.41, 5.74) is -0.0940. The summed E-state index contributed by atoms with van der Waals surface area (Å²) in [4.78, 5) is 24.7. The molecule has 0 saturated carbocycles. The molecule has 122 valence electrons. The van der Waals surface area contributed by atoms with Gasteiger partial charge in [-0.1, -0.05) is 13.8 Å². The highest BCUT2D eigenvalue weighted by Crippen LogP contribution is 2.24. The van der Waals surface area contributed by atoms with Gasteiger partial charge in [-0.25, -0.2) is 0 Å². The average molecular weight is 309 g/mol. The highest BCUT2D eigenvalue weighted by Gasteiger charge is 2.22. The molecule has 7 heteroatoms. The van der Waals surface area contributed by atoms with Crippen LogP contribution >= 0.6 is 0 Å². The van der Waals surface area contributed by atoms with Crippen LogP contribution in [-0.4, -0.2) is 50.0 Å². The summed E-state index contributed by atoms with van der Waals surface area (Å²) < 4.78 is 5.11. The number of hydrogen-bond donors (Lipinski definition) is 1. The molecule has 0 fully saturated rings. The summed E-state index contributed by atoms with van der Waals surface area (Å²) in [5.74, 6) is -0.0686. The molecule has 1 rings (SSSR count). The molecule has 0 bridgehead atoms. The molecule has 0 aliphatic rings. The first kappa shape index (κ1) is 17.9. The number of amides is 1. The second-order valence-corrected chi connectivity index (χ2v) is 6.23. The first-order valence-electron chi connectivity index (χ1n) is 6.91. The van der Waals surface area contributed by atoms with Gasteiger partial charge >= 0.3 is 0 Å². The van der Waals surface area contributed by atoms with E-state index >= 15 is 0 Å². The fourth-order valence-electron chi connectivity index (χ4n) is 2.31. The van der Waals surface area contributed by atoms with Gasteiger partial charge in [-0.15, -0.1) is 0 Å². The highest BCUT2D eigenvalue weighted by atomic mass is 16.6. The van der Waals surface area contributed by atoms with Crippen LogP contribution in [-0.2, 0) is 0 Å². The van der Waals surface area contributed by atoms with Crippen molar-refractivity contribution in [2.24, 2.45) is 5.41 Å². The number of carbonyl (C=O) groups is 1. The lowest BCUT2D eigenvalue weighted by molar-refractivity contribution is -0.384. The number of nitro groups is 1. The molecule has 0 radical (unpaired) electrons. The number of carbonyl (C=O) groups excluding carboxylic acids is 1. The molecule has 0 heterocycles. The Morgan fingerprint density at radius 2 is 2.05 bits per heavy atom. The summed E-state index contributed by atoms with van der Waals surface area (Å²) in [6, 6.07) is 3.97. The number of hydrogen-bond acceptors (Lipinski definition) is 5. The smallest absolute Gasteiger partial charge is 0.270 e. The highest BCUT2D eigenvalue weighted by molar-refractivity contribution is 5.97. The van der Waals surface area contributed by atoms with E-state index in [4.69, 9.17) is 4.74 Å². The average Bonchev–Trinajstić information content (AvgIpc) is 2.42. The molecule has 1 amide bonds. The number of nitrogens with one attached hydrogen (secondary N) is 1. The van der Waals surface area contributed by atoms with Crippen LogP contribution in [0.25, 0.3) is 0 Å². The van der Waals surface area contributed by atoms with Gasteiger partial charge in [0.15, 0.2) is 0 Å². The molecule has 0 spiro atoms. The lowest BCUT2D eigenvalue weighted by Crippen LogP contribution is -2.40. The molecule has 1 N–H and O–H groups in total. The molecule has 0 unspecified atom stereocenters. The van der Waals surface area contributed by atoms with E-state index in [2.05, 4.69) is 5.32 Å². The van der Waals surface area contributed by atoms with Gasteiger partial charge in [-0.2, -0.15) is 0 Å². The summed E-state index contributed by atoms with van der Waals surface area (Å²) in [7, 11) is 5.36. The summed E-state index contributed by atoms with van der Waals surface area (Å²) in [6.45, 7) is 5.34. The van der Waals surface area contributed by atoms with Crippen molar-refractivity contribution in [2.45, 2.75) is 13.8 Å². The molecule has 0 aliphatic heterocycles. The van der Waals surface area contributed by atoms with Crippen LogP contribution in [0.4, 0.5) is 5.69 Å². The van der Waals surface area contributed by atoms with E-state index in [1.54, 1.807) is 0 Å². The zero-order valence-corrected chi connectivity index (χ0v) is 13.7. The molecule has 22 heavy (non-hydrogen) atoms. The zero-order valence-electron chi connectivity index (χ0n) is 13.7. The Labute approximate surface area is 130 Å². The molecule has 1 aromatic carbocycles. The van der Waals surface area contributed by atoms with Gasteiger partial charge in [0.2, 0.25) is 0 Å². The van der Waals surface area contributed by atoms with Crippen LogP contribution < -0.4 is 10.1 Å².